The van der Waals surface area contributed by atoms with Crippen LogP contribution in [0, 0.1) is 0 Å². The highest BCUT2D eigenvalue weighted by molar-refractivity contribution is 5.93. The summed E-state index contributed by atoms with van der Waals surface area (Å²) >= 11 is 0. The molecule has 0 unspecified atom stereocenters. The summed E-state index contributed by atoms with van der Waals surface area (Å²) in [5.74, 6) is 0.446. The fourth-order valence-corrected chi connectivity index (χ4v) is 3.36. The molecule has 5 nitrogen and oxygen atoms in total. The summed E-state index contributed by atoms with van der Waals surface area (Å²) in [6.45, 7) is 7.65. The van der Waals surface area contributed by atoms with E-state index in [1.165, 1.54) is 17.2 Å². The third-order valence-electron chi connectivity index (χ3n) is 4.70. The van der Waals surface area contributed by atoms with E-state index in [0.29, 0.717) is 29.3 Å². The average Bonchev–Trinajstić information content (AvgIpc) is 2.72. The van der Waals surface area contributed by atoms with Gasteiger partial charge in [-0.25, -0.2) is 9.78 Å². The Morgan fingerprint density at radius 2 is 2.03 bits per heavy atom. The molecule has 0 spiro atoms. The van der Waals surface area contributed by atoms with Crippen LogP contribution in [0.15, 0.2) is 64.9 Å². The van der Waals surface area contributed by atoms with E-state index in [-0.39, 0.29) is 6.03 Å². The van der Waals surface area contributed by atoms with Gasteiger partial charge in [0.05, 0.1) is 17.0 Å². The van der Waals surface area contributed by atoms with Gasteiger partial charge >= 0.3 is 12.2 Å². The fourth-order valence-electron chi connectivity index (χ4n) is 3.36. The predicted molar refractivity (Wildman–Crippen MR) is 116 cm³/mol. The quantitative estimate of drug-likeness (QED) is 0.499. The van der Waals surface area contributed by atoms with Crippen LogP contribution in [-0.2, 0) is 12.6 Å². The zero-order chi connectivity index (χ0) is 22.6. The minimum absolute atomic E-state index is 0.338. The van der Waals surface area contributed by atoms with E-state index in [0.717, 1.165) is 36.1 Å². The van der Waals surface area contributed by atoms with Crippen LogP contribution in [0.3, 0.4) is 0 Å². The molecule has 2 aromatic rings. The second-order valence-corrected chi connectivity index (χ2v) is 7.43. The number of aromatic nitrogens is 1. The Hall–Kier alpha value is -3.42. The summed E-state index contributed by atoms with van der Waals surface area (Å²) in [7, 11) is 0. The van der Waals surface area contributed by atoms with Crippen LogP contribution < -0.4 is 10.2 Å². The number of halogens is 3. The highest BCUT2D eigenvalue weighted by Crippen LogP contribution is 2.33. The minimum Gasteiger partial charge on any atom is -0.306 e. The van der Waals surface area contributed by atoms with Crippen LogP contribution >= 0.6 is 0 Å². The third-order valence-corrected chi connectivity index (χ3v) is 4.70. The molecule has 162 valence electrons. The summed E-state index contributed by atoms with van der Waals surface area (Å²) in [5.41, 5.74) is 2.29. The van der Waals surface area contributed by atoms with E-state index in [1.807, 2.05) is 19.9 Å². The summed E-state index contributed by atoms with van der Waals surface area (Å²) in [6.07, 6.45) is 0.265. The molecule has 2 heterocycles. The molecule has 3 rings (SSSR count). The fraction of sp³-hybridized carbons (Fsp3) is 0.261. The molecule has 0 radical (unpaired) electrons. The number of hydrogen-bond donors (Lipinski definition) is 1. The Bertz CT molecular complexity index is 1050. The Morgan fingerprint density at radius 1 is 1.26 bits per heavy atom. The van der Waals surface area contributed by atoms with E-state index in [2.05, 4.69) is 22.0 Å². The Balaban J connectivity index is 1.94. The molecule has 1 aliphatic rings. The number of alkyl halides is 3. The zero-order valence-electron chi connectivity index (χ0n) is 17.3. The lowest BCUT2D eigenvalue weighted by Crippen LogP contribution is -2.42. The van der Waals surface area contributed by atoms with Crippen LogP contribution in [0.2, 0.25) is 0 Å². The third kappa shape index (κ3) is 5.39. The van der Waals surface area contributed by atoms with Crippen LogP contribution in [0.5, 0.6) is 0 Å². The number of urea groups is 1. The molecule has 0 saturated heterocycles. The van der Waals surface area contributed by atoms with Crippen molar-refractivity contribution in [3.8, 4) is 11.3 Å². The Morgan fingerprint density at radius 3 is 2.71 bits per heavy atom. The number of hydrogen-bond acceptors (Lipinski definition) is 3. The van der Waals surface area contributed by atoms with E-state index in [4.69, 9.17) is 0 Å². The van der Waals surface area contributed by atoms with E-state index in [9.17, 15) is 18.0 Å². The molecule has 0 aliphatic carbocycles. The molecule has 0 bridgehead atoms. The van der Waals surface area contributed by atoms with Gasteiger partial charge in [0.15, 0.2) is 0 Å². The predicted octanol–water partition coefficient (Wildman–Crippen LogP) is 5.74. The topological polar surface area (TPSA) is 57.6 Å². The van der Waals surface area contributed by atoms with Gasteiger partial charge in [0.25, 0.3) is 0 Å². The maximum Gasteiger partial charge on any atom is 0.416 e. The van der Waals surface area contributed by atoms with Crippen molar-refractivity contribution in [2.45, 2.75) is 32.9 Å². The number of fused-ring (bicyclic) bond motifs is 1. The van der Waals surface area contributed by atoms with E-state index >= 15 is 0 Å². The first-order valence-electron chi connectivity index (χ1n) is 9.76. The number of carbonyl (C=O) groups excluding carboxylic acids is 1. The maximum atomic E-state index is 13.1. The van der Waals surface area contributed by atoms with Crippen molar-refractivity contribution in [3.05, 3.63) is 71.1 Å². The number of benzene rings is 1. The SMILES string of the molecule is C=NC=C(C=C(C)C)NC(=O)N1CCCc2ccc(-c3cccc(C(F)(F)F)c3)nc21. The van der Waals surface area contributed by atoms with Gasteiger partial charge in [0.1, 0.15) is 5.82 Å². The highest BCUT2D eigenvalue weighted by atomic mass is 19.4. The lowest BCUT2D eigenvalue weighted by atomic mass is 10.0. The lowest BCUT2D eigenvalue weighted by molar-refractivity contribution is -0.137. The zero-order valence-corrected chi connectivity index (χ0v) is 17.3. The molecule has 1 aromatic carbocycles. The molecule has 1 N–H and O–H groups in total. The van der Waals surface area contributed by atoms with Crippen molar-refractivity contribution in [1.29, 1.82) is 0 Å². The molecule has 1 aromatic heterocycles. The van der Waals surface area contributed by atoms with Crippen molar-refractivity contribution in [2.24, 2.45) is 4.99 Å². The number of nitrogens with zero attached hydrogens (tertiary/aromatic N) is 3. The van der Waals surface area contributed by atoms with Crippen LogP contribution in [0.25, 0.3) is 11.3 Å². The number of allylic oxidation sites excluding steroid dienone is 2. The second kappa shape index (κ2) is 9.16. The molecule has 0 atom stereocenters. The van der Waals surface area contributed by atoms with Crippen LogP contribution in [0.4, 0.5) is 23.8 Å². The molecule has 31 heavy (non-hydrogen) atoms. The van der Waals surface area contributed by atoms with E-state index < -0.39 is 11.7 Å². The summed E-state index contributed by atoms with van der Waals surface area (Å²) in [6, 6.07) is 8.12. The number of nitrogens with one attached hydrogen (secondary N) is 1. The summed E-state index contributed by atoms with van der Waals surface area (Å²) in [4.78, 5) is 22.7. The van der Waals surface area contributed by atoms with Crippen molar-refractivity contribution >= 4 is 18.6 Å². The molecular weight excluding hydrogens is 405 g/mol. The first kappa shape index (κ1) is 22.3. The van der Waals surface area contributed by atoms with Gasteiger partial charge in [-0.3, -0.25) is 9.89 Å². The van der Waals surface area contributed by atoms with Gasteiger partial charge in [-0.2, -0.15) is 13.2 Å². The van der Waals surface area contributed by atoms with Crippen LogP contribution in [0.1, 0.15) is 31.4 Å². The number of carbonyl (C=O) groups is 1. The molecule has 8 heteroatoms. The van der Waals surface area contributed by atoms with Crippen molar-refractivity contribution in [1.82, 2.24) is 10.3 Å². The summed E-state index contributed by atoms with van der Waals surface area (Å²) < 4.78 is 39.3. The van der Waals surface area contributed by atoms with Crippen molar-refractivity contribution in [3.63, 3.8) is 0 Å². The molecule has 2 amide bonds. The standard InChI is InChI=1S/C23H23F3N4O/c1-15(2)12-19(14-27-3)28-22(31)30-11-5-7-16-9-10-20(29-21(16)30)17-6-4-8-18(13-17)23(24,25)26/h4,6,8-10,12-14H,3,5,7,11H2,1-2H3,(H,28,31). The number of amides is 2. The highest BCUT2D eigenvalue weighted by Gasteiger charge is 2.31. The van der Waals surface area contributed by atoms with Gasteiger partial charge in [-0.1, -0.05) is 23.8 Å². The van der Waals surface area contributed by atoms with E-state index in [1.54, 1.807) is 18.2 Å². The van der Waals surface area contributed by atoms with Crippen molar-refractivity contribution < 1.29 is 18.0 Å². The molecule has 1 aliphatic heterocycles. The summed E-state index contributed by atoms with van der Waals surface area (Å²) in [5, 5.41) is 2.80. The Kier molecular flexibility index (Phi) is 6.58. The molecule has 0 fully saturated rings. The average molecular weight is 428 g/mol. The molecule has 0 saturated carbocycles. The van der Waals surface area contributed by atoms with Crippen LogP contribution in [-0.4, -0.2) is 24.3 Å². The monoisotopic (exact) mass is 428 g/mol. The molecular formula is C23H23F3N4O. The maximum absolute atomic E-state index is 13.1. The van der Waals surface area contributed by atoms with Gasteiger partial charge in [0.2, 0.25) is 0 Å². The smallest absolute Gasteiger partial charge is 0.306 e. The minimum atomic E-state index is -4.44. The first-order chi connectivity index (χ1) is 14.7. The number of pyridine rings is 1. The normalized spacial score (nSPS) is 14.0. The number of aliphatic imine (C=N–C) groups is 1. The lowest BCUT2D eigenvalue weighted by Gasteiger charge is -2.29. The van der Waals surface area contributed by atoms with Crippen molar-refractivity contribution in [2.75, 3.05) is 11.4 Å². The van der Waals surface area contributed by atoms with Gasteiger partial charge in [-0.05, 0) is 63.2 Å². The second-order valence-electron chi connectivity index (χ2n) is 7.43. The number of aryl methyl sites for hydroxylation is 1. The number of rotatable bonds is 4. The largest absolute Gasteiger partial charge is 0.416 e. The number of anilines is 1. The van der Waals surface area contributed by atoms with Gasteiger partial charge in [0, 0.05) is 18.3 Å². The van der Waals surface area contributed by atoms with Gasteiger partial charge < -0.3 is 5.32 Å². The van der Waals surface area contributed by atoms with Gasteiger partial charge in [-0.15, -0.1) is 0 Å². The first-order valence-corrected chi connectivity index (χ1v) is 9.76. The Labute approximate surface area is 179 Å².